The molecule has 2 aromatic heterocycles. The molecule has 1 atom stereocenters. The second-order valence-electron chi connectivity index (χ2n) is 8.46. The van der Waals surface area contributed by atoms with Gasteiger partial charge in [-0.25, -0.2) is 18.7 Å². The van der Waals surface area contributed by atoms with Crippen molar-refractivity contribution in [1.82, 2.24) is 29.9 Å². The molecule has 1 aromatic carbocycles. The summed E-state index contributed by atoms with van der Waals surface area (Å²) >= 11 is 0. The molecule has 0 bridgehead atoms. The Morgan fingerprint density at radius 2 is 1.95 bits per heavy atom. The van der Waals surface area contributed by atoms with Gasteiger partial charge in [-0.1, -0.05) is 17.3 Å². The van der Waals surface area contributed by atoms with Crippen molar-refractivity contribution in [1.29, 1.82) is 0 Å². The number of hydrogen-bond donors (Lipinski definition) is 2. The summed E-state index contributed by atoms with van der Waals surface area (Å²) < 4.78 is 62.7. The lowest BCUT2D eigenvalue weighted by Gasteiger charge is -2.11. The molecule has 2 N–H and O–H groups in total. The van der Waals surface area contributed by atoms with Gasteiger partial charge in [0, 0.05) is 19.3 Å². The van der Waals surface area contributed by atoms with Gasteiger partial charge in [0.15, 0.2) is 5.69 Å². The SMILES string of the molecule is CC(C)OC(=O)Nc1ccn(CCC(F)Cn2cc(C(=O)NCc3cccc(OC(F)(F)F)c3)nn2)c(=O)n1. The van der Waals surface area contributed by atoms with Crippen LogP contribution in [0.4, 0.5) is 28.2 Å². The number of halogens is 4. The van der Waals surface area contributed by atoms with Crippen molar-refractivity contribution in [3.05, 3.63) is 64.5 Å². The highest BCUT2D eigenvalue weighted by atomic mass is 19.4. The molecule has 12 nitrogen and oxygen atoms in total. The van der Waals surface area contributed by atoms with E-state index in [1.165, 1.54) is 35.2 Å². The molecule has 0 radical (unpaired) electrons. The third-order valence-corrected chi connectivity index (χ3v) is 4.87. The van der Waals surface area contributed by atoms with Crippen LogP contribution in [0.2, 0.25) is 0 Å². The van der Waals surface area contributed by atoms with Crippen LogP contribution in [0.15, 0.2) is 47.5 Å². The van der Waals surface area contributed by atoms with E-state index in [1.807, 2.05) is 0 Å². The maximum absolute atomic E-state index is 14.5. The number of amides is 2. The molecule has 1 unspecified atom stereocenters. The van der Waals surface area contributed by atoms with Gasteiger partial charge in [-0.05, 0) is 44.0 Å². The zero-order valence-electron chi connectivity index (χ0n) is 20.8. The van der Waals surface area contributed by atoms with Crippen molar-refractivity contribution in [3.8, 4) is 5.75 Å². The molecule has 3 rings (SSSR count). The highest BCUT2D eigenvalue weighted by molar-refractivity contribution is 5.91. The molecular weight excluding hydrogens is 530 g/mol. The number of anilines is 1. The van der Waals surface area contributed by atoms with Crippen LogP contribution in [0.25, 0.3) is 0 Å². The molecule has 39 heavy (non-hydrogen) atoms. The van der Waals surface area contributed by atoms with E-state index in [4.69, 9.17) is 4.74 Å². The minimum atomic E-state index is -4.84. The summed E-state index contributed by atoms with van der Waals surface area (Å²) in [6.45, 7) is 2.96. The van der Waals surface area contributed by atoms with Crippen molar-refractivity contribution in [3.63, 3.8) is 0 Å². The number of benzene rings is 1. The summed E-state index contributed by atoms with van der Waals surface area (Å²) in [5, 5.41) is 12.2. The first kappa shape index (κ1) is 29.1. The van der Waals surface area contributed by atoms with Crippen LogP contribution in [0, 0.1) is 0 Å². The molecule has 210 valence electrons. The van der Waals surface area contributed by atoms with Crippen molar-refractivity contribution in [2.45, 2.75) is 58.5 Å². The van der Waals surface area contributed by atoms with Gasteiger partial charge in [0.2, 0.25) is 0 Å². The first-order chi connectivity index (χ1) is 18.4. The molecule has 0 aliphatic rings. The highest BCUT2D eigenvalue weighted by Crippen LogP contribution is 2.23. The van der Waals surface area contributed by atoms with Gasteiger partial charge in [-0.2, -0.15) is 4.98 Å². The minimum absolute atomic E-state index is 0.00512. The van der Waals surface area contributed by atoms with Crippen LogP contribution in [0.1, 0.15) is 36.3 Å². The predicted molar refractivity (Wildman–Crippen MR) is 128 cm³/mol. The van der Waals surface area contributed by atoms with Crippen molar-refractivity contribution in [2.75, 3.05) is 5.32 Å². The maximum Gasteiger partial charge on any atom is 0.573 e. The lowest BCUT2D eigenvalue weighted by Crippen LogP contribution is -2.27. The third kappa shape index (κ3) is 9.71. The van der Waals surface area contributed by atoms with Crippen LogP contribution >= 0.6 is 0 Å². The van der Waals surface area contributed by atoms with E-state index < -0.39 is 36.0 Å². The molecular formula is C23H25F4N7O5. The van der Waals surface area contributed by atoms with Gasteiger partial charge < -0.3 is 14.8 Å². The predicted octanol–water partition coefficient (Wildman–Crippen LogP) is 3.05. The standard InChI is InChI=1S/C23H25F4N7O5/c1-14(2)38-22(37)30-19-7-9-33(21(36)29-19)8-6-16(24)12-34-13-18(31-32-34)20(35)28-11-15-4-3-5-17(10-15)39-23(25,26)27/h3-5,7,9-10,13-14,16H,6,8,11-12H2,1-2H3,(H,28,35)(H,29,30,36,37). The number of carbonyl (C=O) groups is 2. The summed E-state index contributed by atoms with van der Waals surface area (Å²) in [5.74, 6) is -1.09. The van der Waals surface area contributed by atoms with E-state index in [0.717, 1.165) is 16.8 Å². The van der Waals surface area contributed by atoms with Gasteiger partial charge >= 0.3 is 18.1 Å². The van der Waals surface area contributed by atoms with E-state index >= 15 is 0 Å². The Bertz CT molecular complexity index is 1340. The van der Waals surface area contributed by atoms with Crippen LogP contribution in [0.3, 0.4) is 0 Å². The fourth-order valence-electron chi connectivity index (χ4n) is 3.21. The highest BCUT2D eigenvalue weighted by Gasteiger charge is 2.31. The zero-order valence-corrected chi connectivity index (χ0v) is 20.8. The van der Waals surface area contributed by atoms with Crippen LogP contribution < -0.4 is 21.1 Å². The molecule has 0 saturated heterocycles. The molecule has 0 spiro atoms. The van der Waals surface area contributed by atoms with Crippen molar-refractivity contribution in [2.24, 2.45) is 0 Å². The number of nitrogens with one attached hydrogen (secondary N) is 2. The molecule has 2 heterocycles. The summed E-state index contributed by atoms with van der Waals surface area (Å²) in [7, 11) is 0. The van der Waals surface area contributed by atoms with Crippen molar-refractivity contribution < 1.29 is 36.6 Å². The number of hydrogen-bond acceptors (Lipinski definition) is 8. The summed E-state index contributed by atoms with van der Waals surface area (Å²) in [5.41, 5.74) is -0.463. The minimum Gasteiger partial charge on any atom is -0.447 e. The number of ether oxygens (including phenoxy) is 2. The topological polar surface area (TPSA) is 142 Å². The number of nitrogens with zero attached hydrogens (tertiary/aromatic N) is 5. The number of alkyl halides is 4. The molecule has 2 amide bonds. The van der Waals surface area contributed by atoms with Gasteiger partial charge in [-0.15, -0.1) is 18.3 Å². The average molecular weight is 555 g/mol. The number of aromatic nitrogens is 5. The maximum atomic E-state index is 14.5. The Kier molecular flexibility index (Phi) is 9.57. The van der Waals surface area contributed by atoms with Gasteiger partial charge in [-0.3, -0.25) is 14.7 Å². The number of carbonyl (C=O) groups excluding carboxylic acids is 2. The van der Waals surface area contributed by atoms with Gasteiger partial charge in [0.1, 0.15) is 17.7 Å². The lowest BCUT2D eigenvalue weighted by molar-refractivity contribution is -0.274. The second kappa shape index (κ2) is 12.8. The quantitative estimate of drug-likeness (QED) is 0.344. The average Bonchev–Trinajstić information content (AvgIpc) is 3.29. The first-order valence-electron chi connectivity index (χ1n) is 11.6. The van der Waals surface area contributed by atoms with Crippen LogP contribution in [0.5, 0.6) is 5.75 Å². The van der Waals surface area contributed by atoms with E-state index in [9.17, 15) is 31.9 Å². The monoisotopic (exact) mass is 555 g/mol. The molecule has 0 saturated carbocycles. The first-order valence-corrected chi connectivity index (χ1v) is 11.6. The largest absolute Gasteiger partial charge is 0.573 e. The molecule has 0 aliphatic heterocycles. The second-order valence-corrected chi connectivity index (χ2v) is 8.46. The number of rotatable bonds is 11. The van der Waals surface area contributed by atoms with Gasteiger partial charge in [0.25, 0.3) is 5.91 Å². The fraction of sp³-hybridized carbons (Fsp3) is 0.391. The molecule has 0 fully saturated rings. The molecule has 16 heteroatoms. The van der Waals surface area contributed by atoms with Crippen molar-refractivity contribution >= 4 is 17.8 Å². The summed E-state index contributed by atoms with van der Waals surface area (Å²) in [4.78, 5) is 39.8. The zero-order chi connectivity index (χ0) is 28.6. The number of aryl methyl sites for hydroxylation is 1. The van der Waals surface area contributed by atoms with Crippen LogP contribution in [-0.2, 0) is 24.4 Å². The fourth-order valence-corrected chi connectivity index (χ4v) is 3.21. The van der Waals surface area contributed by atoms with E-state index in [2.05, 4.69) is 30.7 Å². The van der Waals surface area contributed by atoms with E-state index in [-0.39, 0.29) is 43.7 Å². The lowest BCUT2D eigenvalue weighted by atomic mass is 10.2. The van der Waals surface area contributed by atoms with Gasteiger partial charge in [0.05, 0.1) is 18.8 Å². The Balaban J connectivity index is 1.47. The normalized spacial score (nSPS) is 12.2. The molecule has 3 aromatic rings. The smallest absolute Gasteiger partial charge is 0.447 e. The Morgan fingerprint density at radius 3 is 2.64 bits per heavy atom. The Labute approximate surface area is 218 Å². The van der Waals surface area contributed by atoms with E-state index in [0.29, 0.717) is 5.56 Å². The van der Waals surface area contributed by atoms with E-state index in [1.54, 1.807) is 13.8 Å². The Morgan fingerprint density at radius 1 is 1.18 bits per heavy atom. The van der Waals surface area contributed by atoms with Crippen LogP contribution in [-0.4, -0.2) is 55.2 Å². The Hall–Kier alpha value is -4.50. The summed E-state index contributed by atoms with van der Waals surface area (Å²) in [6, 6.07) is 6.48. The summed E-state index contributed by atoms with van der Waals surface area (Å²) in [6.07, 6.45) is -4.91. The third-order valence-electron chi connectivity index (χ3n) is 4.87. The molecule has 0 aliphatic carbocycles.